The van der Waals surface area contributed by atoms with Crippen LogP contribution in [0.5, 0.6) is 0 Å². The van der Waals surface area contributed by atoms with E-state index < -0.39 is 9.52 Å². The van der Waals surface area contributed by atoms with Crippen LogP contribution in [0, 0.1) is 0 Å². The number of rotatable bonds is 6. The van der Waals surface area contributed by atoms with Gasteiger partial charge in [-0.25, -0.2) is 4.79 Å². The molecule has 0 spiro atoms. The highest BCUT2D eigenvalue weighted by Gasteiger charge is 2.25. The zero-order chi connectivity index (χ0) is 21.0. The van der Waals surface area contributed by atoms with Gasteiger partial charge in [-0.05, 0) is 66.3 Å². The number of carbonyl (C=O) groups is 1. The van der Waals surface area contributed by atoms with Crippen LogP contribution >= 0.6 is 0 Å². The summed E-state index contributed by atoms with van der Waals surface area (Å²) in [5, 5.41) is 3.98. The highest BCUT2D eigenvalue weighted by molar-refractivity contribution is 7.99. The lowest BCUT2D eigenvalue weighted by atomic mass is 10.1. The molecule has 1 aromatic heterocycles. The molecular weight excluding hydrogens is 394 g/mol. The summed E-state index contributed by atoms with van der Waals surface area (Å²) in [6.07, 6.45) is 2.70. The van der Waals surface area contributed by atoms with Crippen LogP contribution in [0.15, 0.2) is 33.7 Å². The maximum absolute atomic E-state index is 12.0. The van der Waals surface area contributed by atoms with Crippen molar-refractivity contribution in [3.05, 3.63) is 30.2 Å². The largest absolute Gasteiger partial charge is 0.447 e. The van der Waals surface area contributed by atoms with Crippen LogP contribution in [0.1, 0.15) is 32.6 Å². The summed E-state index contributed by atoms with van der Waals surface area (Å²) in [6, 6.07) is 7.11. The Hall–Kier alpha value is -2.39. The van der Waals surface area contributed by atoms with E-state index in [2.05, 4.69) is 16.0 Å². The monoisotopic (exact) mass is 421 g/mol. The van der Waals surface area contributed by atoms with Gasteiger partial charge in [0.15, 0.2) is 0 Å². The van der Waals surface area contributed by atoms with E-state index in [1.807, 2.05) is 13.8 Å². The Bertz CT molecular complexity index is 929. The Morgan fingerprint density at radius 3 is 2.55 bits per heavy atom. The van der Waals surface area contributed by atoms with E-state index in [9.17, 15) is 9.00 Å². The van der Waals surface area contributed by atoms with Crippen molar-refractivity contribution in [2.75, 3.05) is 19.3 Å². The van der Waals surface area contributed by atoms with Crippen molar-refractivity contribution in [1.82, 2.24) is 15.0 Å². The lowest BCUT2D eigenvalue weighted by Crippen LogP contribution is -2.41. The third-order valence-corrected chi connectivity index (χ3v) is 5.83. The Kier molecular flexibility index (Phi) is 6.59. The van der Waals surface area contributed by atoms with Crippen LogP contribution in [-0.4, -0.2) is 62.8 Å². The molecule has 0 radical (unpaired) electrons. The summed E-state index contributed by atoms with van der Waals surface area (Å²) in [4.78, 5) is 18.7. The third kappa shape index (κ3) is 5.80. The van der Waals surface area contributed by atoms with Crippen molar-refractivity contribution in [2.45, 2.75) is 50.4 Å². The van der Waals surface area contributed by atoms with Gasteiger partial charge in [-0.3, -0.25) is 4.21 Å². The quantitative estimate of drug-likeness (QED) is 0.662. The van der Waals surface area contributed by atoms with Crippen LogP contribution in [0.3, 0.4) is 0 Å². The fourth-order valence-electron chi connectivity index (χ4n) is 2.99. The van der Waals surface area contributed by atoms with Crippen molar-refractivity contribution in [3.63, 3.8) is 0 Å². The van der Waals surface area contributed by atoms with Crippen molar-refractivity contribution in [1.29, 1.82) is 0 Å². The smallest absolute Gasteiger partial charge is 0.410 e. The summed E-state index contributed by atoms with van der Waals surface area (Å²) in [5.41, 5.74) is 0.768. The highest BCUT2D eigenvalue weighted by Crippen LogP contribution is 2.20. The fourth-order valence-corrected chi connectivity index (χ4v) is 3.70. The van der Waals surface area contributed by atoms with Crippen molar-refractivity contribution in [2.24, 2.45) is 0 Å². The molecule has 2 aromatic rings. The predicted molar refractivity (Wildman–Crippen MR) is 110 cm³/mol. The topological polar surface area (TPSA) is 94.8 Å². The van der Waals surface area contributed by atoms with Crippen LogP contribution < -0.4 is 0 Å². The van der Waals surface area contributed by atoms with Gasteiger partial charge in [0.1, 0.15) is 6.61 Å². The molecule has 1 saturated heterocycles. The number of piperidine rings is 1. The number of amides is 1. The number of nitrogens with zero attached hydrogens (tertiary/aromatic N) is 3. The summed E-state index contributed by atoms with van der Waals surface area (Å²) < 4.78 is 28.3. The van der Waals surface area contributed by atoms with Gasteiger partial charge in [0.25, 0.3) is 5.89 Å². The molecule has 29 heavy (non-hydrogen) atoms. The van der Waals surface area contributed by atoms with Crippen molar-refractivity contribution in [3.8, 4) is 11.4 Å². The molecule has 8 nitrogen and oxygen atoms in total. The van der Waals surface area contributed by atoms with Crippen LogP contribution in [0.2, 0.25) is 0 Å². The number of hydrogen-bond donors (Lipinski definition) is 0. The molecule has 158 valence electrons. The standard InChI is InChI=1S/C20H27N3O5S/c1-14(2)27-20(24)23-11-9-16(10-12-23)26-13-18-21-19(22-28-18)15-5-7-17(8-6-15)29(3,4)25/h5-8,14,16H,3,9-13H2,1-2,4H3. The number of benzene rings is 1. The minimum absolute atomic E-state index is 0.0301. The van der Waals surface area contributed by atoms with E-state index in [1.165, 1.54) is 0 Å². The molecule has 1 aromatic carbocycles. The number of likely N-dealkylation sites (tertiary alicyclic amines) is 1. The van der Waals surface area contributed by atoms with Gasteiger partial charge in [-0.15, -0.1) is 0 Å². The maximum Gasteiger partial charge on any atom is 0.410 e. The molecule has 1 aliphatic rings. The number of carbonyl (C=O) groups excluding carboxylic acids is 1. The molecule has 1 atom stereocenters. The molecule has 9 heteroatoms. The van der Waals surface area contributed by atoms with Crippen LogP contribution in [-0.2, 0) is 25.6 Å². The lowest BCUT2D eigenvalue weighted by Gasteiger charge is -2.31. The second-order valence-electron chi connectivity index (χ2n) is 7.47. The van der Waals surface area contributed by atoms with Crippen molar-refractivity contribution >= 4 is 21.5 Å². The van der Waals surface area contributed by atoms with Gasteiger partial charge in [0, 0.05) is 29.8 Å². The third-order valence-electron chi connectivity index (χ3n) is 4.56. The second kappa shape index (κ2) is 8.96. The van der Waals surface area contributed by atoms with Gasteiger partial charge in [-0.1, -0.05) is 5.16 Å². The molecular formula is C20H27N3O5S. The van der Waals surface area contributed by atoms with E-state index in [0.29, 0.717) is 29.7 Å². The summed E-state index contributed by atoms with van der Waals surface area (Å²) in [7, 11) is -2.25. The summed E-state index contributed by atoms with van der Waals surface area (Å²) in [6.45, 7) is 5.09. The molecule has 1 fully saturated rings. The summed E-state index contributed by atoms with van der Waals surface area (Å²) >= 11 is 0. The lowest BCUT2D eigenvalue weighted by molar-refractivity contribution is -0.0147. The normalized spacial score (nSPS) is 17.3. The zero-order valence-corrected chi connectivity index (χ0v) is 17.8. The average Bonchev–Trinajstić information content (AvgIpc) is 3.15. The number of ether oxygens (including phenoxy) is 2. The second-order valence-corrected chi connectivity index (χ2v) is 9.95. The zero-order valence-electron chi connectivity index (χ0n) is 17.0. The predicted octanol–water partition coefficient (Wildman–Crippen LogP) is 2.97. The maximum atomic E-state index is 12.0. The molecule has 1 aliphatic heterocycles. The first kappa shape index (κ1) is 21.3. The Labute approximate surface area is 171 Å². The Balaban J connectivity index is 1.50. The van der Waals surface area contributed by atoms with Gasteiger partial charge < -0.3 is 18.9 Å². The number of aromatic nitrogens is 2. The van der Waals surface area contributed by atoms with Gasteiger partial charge in [0.05, 0.1) is 12.2 Å². The minimum Gasteiger partial charge on any atom is -0.447 e. The van der Waals surface area contributed by atoms with E-state index in [1.54, 1.807) is 35.4 Å². The van der Waals surface area contributed by atoms with Gasteiger partial charge in [0.2, 0.25) is 5.82 Å². The molecule has 0 bridgehead atoms. The molecule has 1 amide bonds. The minimum atomic E-state index is -2.25. The molecule has 0 saturated carbocycles. The van der Waals surface area contributed by atoms with E-state index >= 15 is 0 Å². The molecule has 0 N–H and O–H groups in total. The summed E-state index contributed by atoms with van der Waals surface area (Å²) in [5.74, 6) is 4.52. The van der Waals surface area contributed by atoms with Crippen LogP contribution in [0.4, 0.5) is 4.79 Å². The average molecular weight is 422 g/mol. The highest BCUT2D eigenvalue weighted by atomic mass is 32.2. The van der Waals surface area contributed by atoms with Crippen LogP contribution in [0.25, 0.3) is 11.4 Å². The van der Waals surface area contributed by atoms with Crippen molar-refractivity contribution < 1.29 is 23.0 Å². The Morgan fingerprint density at radius 2 is 1.97 bits per heavy atom. The first-order valence-electron chi connectivity index (χ1n) is 9.55. The van der Waals surface area contributed by atoms with E-state index in [4.69, 9.17) is 14.0 Å². The van der Waals surface area contributed by atoms with Gasteiger partial charge in [-0.2, -0.15) is 4.98 Å². The first-order valence-corrected chi connectivity index (χ1v) is 11.7. The van der Waals surface area contributed by atoms with Gasteiger partial charge >= 0.3 is 6.09 Å². The molecule has 2 heterocycles. The molecule has 0 aliphatic carbocycles. The number of hydrogen-bond acceptors (Lipinski definition) is 7. The fraction of sp³-hybridized carbons (Fsp3) is 0.500. The van der Waals surface area contributed by atoms with E-state index in [-0.39, 0.29) is 24.9 Å². The molecule has 3 rings (SSSR count). The first-order chi connectivity index (χ1) is 13.7. The van der Waals surface area contributed by atoms with E-state index in [0.717, 1.165) is 18.4 Å². The molecule has 1 unspecified atom stereocenters. The SMILES string of the molecule is C=S(C)(=O)c1ccc(-c2noc(COC3CCN(C(=O)OC(C)C)CC3)n2)cc1. The Morgan fingerprint density at radius 1 is 1.31 bits per heavy atom.